The van der Waals surface area contributed by atoms with E-state index in [-0.39, 0.29) is 0 Å². The van der Waals surface area contributed by atoms with Crippen molar-refractivity contribution >= 4 is 28.6 Å². The molecule has 0 amide bonds. The molecule has 0 aliphatic carbocycles. The van der Waals surface area contributed by atoms with E-state index in [1.54, 1.807) is 17.7 Å². The second-order valence-electron chi connectivity index (χ2n) is 3.56. The summed E-state index contributed by atoms with van der Waals surface area (Å²) in [6.07, 6.45) is 1.84. The number of hydrogen-bond donors (Lipinski definition) is 1. The quantitative estimate of drug-likeness (QED) is 0.844. The average molecular weight is 323 g/mol. The van der Waals surface area contributed by atoms with E-state index < -0.39 is 5.97 Å². The molecule has 0 aromatic carbocycles. The molecule has 0 radical (unpaired) electrons. The third-order valence-corrected chi connectivity index (χ3v) is 2.63. The molecule has 4 nitrogen and oxygen atoms in total. The minimum atomic E-state index is -0.887. The van der Waals surface area contributed by atoms with Gasteiger partial charge in [-0.3, -0.25) is 0 Å². The SMILES string of the molecule is COCC(C)Cn1cc(I)cc1C(=O)O. The van der Waals surface area contributed by atoms with Gasteiger partial charge in [-0.1, -0.05) is 6.92 Å². The van der Waals surface area contributed by atoms with Crippen LogP contribution in [0.15, 0.2) is 12.3 Å². The lowest BCUT2D eigenvalue weighted by atomic mass is 10.2. The highest BCUT2D eigenvalue weighted by molar-refractivity contribution is 14.1. The number of ether oxygens (including phenoxy) is 1. The number of methoxy groups -OCH3 is 1. The lowest BCUT2D eigenvalue weighted by Gasteiger charge is -2.12. The summed E-state index contributed by atoms with van der Waals surface area (Å²) in [5.41, 5.74) is 0.336. The molecule has 0 saturated carbocycles. The Kier molecular flexibility index (Phi) is 4.59. The summed E-state index contributed by atoms with van der Waals surface area (Å²) in [6, 6.07) is 1.67. The van der Waals surface area contributed by atoms with Crippen LogP contribution in [0.4, 0.5) is 0 Å². The Balaban J connectivity index is 2.79. The van der Waals surface area contributed by atoms with Crippen LogP contribution in [0.3, 0.4) is 0 Å². The third kappa shape index (κ3) is 3.49. The fraction of sp³-hybridized carbons (Fsp3) is 0.500. The van der Waals surface area contributed by atoms with Gasteiger partial charge < -0.3 is 14.4 Å². The molecule has 0 aliphatic rings. The zero-order valence-corrected chi connectivity index (χ0v) is 10.9. The molecule has 1 unspecified atom stereocenters. The summed E-state index contributed by atoms with van der Waals surface area (Å²) in [5, 5.41) is 8.97. The predicted molar refractivity (Wildman–Crippen MR) is 65.1 cm³/mol. The lowest BCUT2D eigenvalue weighted by Crippen LogP contribution is -2.15. The van der Waals surface area contributed by atoms with Crippen LogP contribution in [0.2, 0.25) is 0 Å². The first-order valence-electron chi connectivity index (χ1n) is 4.62. The monoisotopic (exact) mass is 323 g/mol. The maximum Gasteiger partial charge on any atom is 0.352 e. The molecule has 1 aromatic rings. The Morgan fingerprint density at radius 2 is 2.40 bits per heavy atom. The second-order valence-corrected chi connectivity index (χ2v) is 4.81. The van der Waals surface area contributed by atoms with Crippen molar-refractivity contribution in [2.75, 3.05) is 13.7 Å². The van der Waals surface area contributed by atoms with E-state index in [0.29, 0.717) is 24.8 Å². The van der Waals surface area contributed by atoms with E-state index in [1.165, 1.54) is 0 Å². The molecule has 0 aliphatic heterocycles. The molecule has 1 rings (SSSR count). The van der Waals surface area contributed by atoms with Gasteiger partial charge >= 0.3 is 5.97 Å². The summed E-state index contributed by atoms with van der Waals surface area (Å²) < 4.78 is 7.72. The fourth-order valence-corrected chi connectivity index (χ4v) is 2.11. The maximum absolute atomic E-state index is 10.9. The van der Waals surface area contributed by atoms with Crippen molar-refractivity contribution in [2.45, 2.75) is 13.5 Å². The molecular weight excluding hydrogens is 309 g/mol. The van der Waals surface area contributed by atoms with Crippen molar-refractivity contribution in [3.63, 3.8) is 0 Å². The number of halogens is 1. The highest BCUT2D eigenvalue weighted by Crippen LogP contribution is 2.13. The van der Waals surface area contributed by atoms with Crippen LogP contribution in [-0.4, -0.2) is 29.4 Å². The Morgan fingerprint density at radius 3 is 2.93 bits per heavy atom. The topological polar surface area (TPSA) is 51.5 Å². The van der Waals surface area contributed by atoms with Crippen molar-refractivity contribution in [1.29, 1.82) is 0 Å². The molecule has 1 heterocycles. The van der Waals surface area contributed by atoms with Gasteiger partial charge in [0.25, 0.3) is 0 Å². The summed E-state index contributed by atoms with van der Waals surface area (Å²) in [5.74, 6) is -0.584. The molecule has 0 bridgehead atoms. The number of carboxylic acids is 1. The van der Waals surface area contributed by atoms with Crippen LogP contribution >= 0.6 is 22.6 Å². The number of hydrogen-bond acceptors (Lipinski definition) is 2. The number of carbonyl (C=O) groups is 1. The molecule has 1 N–H and O–H groups in total. The van der Waals surface area contributed by atoms with Crippen molar-refractivity contribution in [3.05, 3.63) is 21.5 Å². The van der Waals surface area contributed by atoms with Gasteiger partial charge in [0.1, 0.15) is 5.69 Å². The van der Waals surface area contributed by atoms with Gasteiger partial charge in [-0.05, 0) is 34.6 Å². The Hall–Kier alpha value is -0.560. The Labute approximate surface area is 102 Å². The highest BCUT2D eigenvalue weighted by atomic mass is 127. The number of aromatic nitrogens is 1. The molecule has 15 heavy (non-hydrogen) atoms. The molecule has 0 fully saturated rings. The highest BCUT2D eigenvalue weighted by Gasteiger charge is 2.13. The largest absolute Gasteiger partial charge is 0.477 e. The molecule has 1 aromatic heterocycles. The number of nitrogens with zero attached hydrogens (tertiary/aromatic N) is 1. The van der Waals surface area contributed by atoms with Crippen LogP contribution in [0.1, 0.15) is 17.4 Å². The van der Waals surface area contributed by atoms with Gasteiger partial charge in [0, 0.05) is 23.4 Å². The van der Waals surface area contributed by atoms with Crippen molar-refractivity contribution in [2.24, 2.45) is 5.92 Å². The number of rotatable bonds is 5. The van der Waals surface area contributed by atoms with E-state index >= 15 is 0 Å². The van der Waals surface area contributed by atoms with E-state index in [2.05, 4.69) is 22.6 Å². The fourth-order valence-electron chi connectivity index (χ4n) is 1.48. The van der Waals surface area contributed by atoms with Gasteiger partial charge in [-0.25, -0.2) is 4.79 Å². The number of aromatic carboxylic acids is 1. The standard InChI is InChI=1S/C10H14INO3/c1-7(6-15-2)4-12-5-8(11)3-9(12)10(13)14/h3,5,7H,4,6H2,1-2H3,(H,13,14). The van der Waals surface area contributed by atoms with E-state index in [1.807, 2.05) is 13.1 Å². The second kappa shape index (κ2) is 5.50. The first-order chi connectivity index (χ1) is 7.04. The van der Waals surface area contributed by atoms with Gasteiger partial charge in [0.05, 0.1) is 6.61 Å². The van der Waals surface area contributed by atoms with E-state index in [4.69, 9.17) is 9.84 Å². The van der Waals surface area contributed by atoms with E-state index in [0.717, 1.165) is 3.57 Å². The van der Waals surface area contributed by atoms with Crippen LogP contribution in [0.5, 0.6) is 0 Å². The molecular formula is C10H14INO3. The van der Waals surface area contributed by atoms with Crippen LogP contribution < -0.4 is 0 Å². The summed E-state index contributed by atoms with van der Waals surface area (Å²) >= 11 is 2.11. The first-order valence-corrected chi connectivity index (χ1v) is 5.70. The normalized spacial score (nSPS) is 12.7. The predicted octanol–water partition coefficient (Wildman–Crippen LogP) is 2.07. The minimum absolute atomic E-state index is 0.302. The summed E-state index contributed by atoms with van der Waals surface area (Å²) in [6.45, 7) is 3.33. The van der Waals surface area contributed by atoms with Gasteiger partial charge in [0.2, 0.25) is 0 Å². The van der Waals surface area contributed by atoms with Crippen molar-refractivity contribution in [1.82, 2.24) is 4.57 Å². The summed E-state index contributed by atoms with van der Waals surface area (Å²) in [4.78, 5) is 10.9. The third-order valence-electron chi connectivity index (χ3n) is 2.04. The molecule has 0 spiro atoms. The van der Waals surface area contributed by atoms with Crippen LogP contribution in [0.25, 0.3) is 0 Å². The lowest BCUT2D eigenvalue weighted by molar-refractivity contribution is 0.0682. The van der Waals surface area contributed by atoms with Crippen molar-refractivity contribution < 1.29 is 14.6 Å². The Bertz CT molecular complexity index is 348. The molecule has 1 atom stereocenters. The van der Waals surface area contributed by atoms with Gasteiger partial charge in [0.15, 0.2) is 0 Å². The minimum Gasteiger partial charge on any atom is -0.477 e. The van der Waals surface area contributed by atoms with Gasteiger partial charge in [-0.15, -0.1) is 0 Å². The van der Waals surface area contributed by atoms with Gasteiger partial charge in [-0.2, -0.15) is 0 Å². The van der Waals surface area contributed by atoms with Crippen LogP contribution in [-0.2, 0) is 11.3 Å². The maximum atomic E-state index is 10.9. The zero-order chi connectivity index (χ0) is 11.4. The molecule has 5 heteroatoms. The van der Waals surface area contributed by atoms with Crippen LogP contribution in [0, 0.1) is 9.49 Å². The number of carboxylic acid groups (broad SMARTS) is 1. The molecule has 0 saturated heterocycles. The zero-order valence-electron chi connectivity index (χ0n) is 8.74. The molecule has 84 valence electrons. The van der Waals surface area contributed by atoms with Crippen molar-refractivity contribution in [3.8, 4) is 0 Å². The smallest absolute Gasteiger partial charge is 0.352 e. The summed E-state index contributed by atoms with van der Waals surface area (Å²) in [7, 11) is 1.65. The Morgan fingerprint density at radius 1 is 1.73 bits per heavy atom. The average Bonchev–Trinajstić information content (AvgIpc) is 2.47. The van der Waals surface area contributed by atoms with E-state index in [9.17, 15) is 4.79 Å². The first kappa shape index (κ1) is 12.5.